The van der Waals surface area contributed by atoms with Crippen molar-refractivity contribution in [1.82, 2.24) is 14.9 Å². The second-order valence-electron chi connectivity index (χ2n) is 8.68. The van der Waals surface area contributed by atoms with E-state index in [2.05, 4.69) is 84.9 Å². The first-order chi connectivity index (χ1) is 14.0. The third kappa shape index (κ3) is 4.18. The predicted molar refractivity (Wildman–Crippen MR) is 123 cm³/mol. The quantitative estimate of drug-likeness (QED) is 0.580. The van der Waals surface area contributed by atoms with Crippen LogP contribution in [0.1, 0.15) is 69.1 Å². The second kappa shape index (κ2) is 8.58. The van der Waals surface area contributed by atoms with Crippen LogP contribution in [-0.4, -0.2) is 22.6 Å². The lowest BCUT2D eigenvalue weighted by Crippen LogP contribution is -2.29. The summed E-state index contributed by atoms with van der Waals surface area (Å²) < 4.78 is 2.36. The monoisotopic (exact) mass is 390 g/mol. The molecular formula is C25H34N4. The molecule has 0 aliphatic carbocycles. The number of rotatable bonds is 6. The second-order valence-corrected chi connectivity index (χ2v) is 8.68. The molecular weight excluding hydrogens is 356 g/mol. The number of benzene rings is 2. The first kappa shape index (κ1) is 20.0. The predicted octanol–water partition coefficient (Wildman–Crippen LogP) is 5.77. The van der Waals surface area contributed by atoms with E-state index >= 15 is 0 Å². The maximum Gasteiger partial charge on any atom is 0.127 e. The number of fused-ring (bicyclic) bond motifs is 1. The molecule has 2 heterocycles. The Hall–Kier alpha value is -2.33. The minimum absolute atomic E-state index is 0.186. The fourth-order valence-electron chi connectivity index (χ4n) is 4.49. The molecule has 4 rings (SSSR count). The number of hydrogen-bond acceptors (Lipinski definition) is 3. The molecule has 4 heteroatoms. The molecule has 0 unspecified atom stereocenters. The highest BCUT2D eigenvalue weighted by atomic mass is 15.1. The fourth-order valence-corrected chi connectivity index (χ4v) is 4.49. The Balaban J connectivity index is 1.49. The zero-order valence-electron chi connectivity index (χ0n) is 18.3. The zero-order chi connectivity index (χ0) is 20.4. The molecule has 4 nitrogen and oxygen atoms in total. The number of nitrogens with zero attached hydrogens (tertiary/aromatic N) is 3. The fraction of sp³-hybridized carbons (Fsp3) is 0.480. The van der Waals surface area contributed by atoms with Gasteiger partial charge in [-0.1, -0.05) is 18.2 Å². The average molecular weight is 391 g/mol. The molecule has 1 aromatic heterocycles. The highest BCUT2D eigenvalue weighted by Gasteiger charge is 2.18. The van der Waals surface area contributed by atoms with E-state index in [1.165, 1.54) is 54.7 Å². The van der Waals surface area contributed by atoms with Gasteiger partial charge in [-0.15, -0.1) is 0 Å². The lowest BCUT2D eigenvalue weighted by atomic mass is 10.0. The van der Waals surface area contributed by atoms with E-state index in [4.69, 9.17) is 4.98 Å². The molecule has 29 heavy (non-hydrogen) atoms. The number of imidazole rings is 1. The summed E-state index contributed by atoms with van der Waals surface area (Å²) in [5.74, 6) is 1.11. The number of aromatic nitrogens is 2. The van der Waals surface area contributed by atoms with Crippen molar-refractivity contribution in [3.8, 4) is 0 Å². The molecule has 1 fully saturated rings. The summed E-state index contributed by atoms with van der Waals surface area (Å²) in [4.78, 5) is 7.47. The third-order valence-corrected chi connectivity index (χ3v) is 6.17. The Morgan fingerprint density at radius 2 is 1.76 bits per heavy atom. The van der Waals surface area contributed by atoms with Gasteiger partial charge in [0.2, 0.25) is 0 Å². The van der Waals surface area contributed by atoms with Gasteiger partial charge >= 0.3 is 0 Å². The summed E-state index contributed by atoms with van der Waals surface area (Å²) in [6.07, 6.45) is 4.00. The highest BCUT2D eigenvalue weighted by Crippen LogP contribution is 2.26. The van der Waals surface area contributed by atoms with Gasteiger partial charge in [-0.25, -0.2) is 4.98 Å². The minimum Gasteiger partial charge on any atom is -0.372 e. The zero-order valence-corrected chi connectivity index (χ0v) is 18.3. The van der Waals surface area contributed by atoms with Gasteiger partial charge in [-0.3, -0.25) is 0 Å². The minimum atomic E-state index is 0.186. The van der Waals surface area contributed by atoms with Crippen molar-refractivity contribution in [2.24, 2.45) is 0 Å². The van der Waals surface area contributed by atoms with Gasteiger partial charge in [-0.2, -0.15) is 0 Å². The molecule has 0 saturated carbocycles. The molecule has 1 saturated heterocycles. The normalized spacial score (nSPS) is 16.0. The maximum atomic E-state index is 4.94. The smallest absolute Gasteiger partial charge is 0.127 e. The Morgan fingerprint density at radius 1 is 1.00 bits per heavy atom. The van der Waals surface area contributed by atoms with Crippen LogP contribution in [0.2, 0.25) is 0 Å². The van der Waals surface area contributed by atoms with Crippen molar-refractivity contribution in [1.29, 1.82) is 0 Å². The lowest BCUT2D eigenvalue weighted by Gasteiger charge is -2.29. The number of anilines is 1. The standard InChI is InChI=1S/C25H34N4/c1-18(2)29-24-11-7-6-10-23(24)27-25(29)20(4)26-17-21-12-13-22(16-19(21)3)28-14-8-5-9-15-28/h6-7,10-13,16,18,20,26H,5,8-9,14-15,17H2,1-4H3/t20-/m0/s1. The largest absolute Gasteiger partial charge is 0.372 e. The van der Waals surface area contributed by atoms with Gasteiger partial charge < -0.3 is 14.8 Å². The van der Waals surface area contributed by atoms with E-state index in [9.17, 15) is 0 Å². The van der Waals surface area contributed by atoms with Gasteiger partial charge in [0.1, 0.15) is 5.82 Å². The number of para-hydroxylation sites is 2. The van der Waals surface area contributed by atoms with Crippen molar-refractivity contribution < 1.29 is 0 Å². The van der Waals surface area contributed by atoms with Crippen molar-refractivity contribution in [3.63, 3.8) is 0 Å². The van der Waals surface area contributed by atoms with E-state index in [0.717, 1.165) is 17.9 Å². The van der Waals surface area contributed by atoms with Crippen LogP contribution >= 0.6 is 0 Å². The van der Waals surface area contributed by atoms with Crippen LogP contribution in [0.5, 0.6) is 0 Å². The van der Waals surface area contributed by atoms with Crippen LogP contribution < -0.4 is 10.2 Å². The Morgan fingerprint density at radius 3 is 2.48 bits per heavy atom. The van der Waals surface area contributed by atoms with E-state index in [1.54, 1.807) is 0 Å². The highest BCUT2D eigenvalue weighted by molar-refractivity contribution is 5.76. The summed E-state index contributed by atoms with van der Waals surface area (Å²) in [5.41, 5.74) is 6.40. The van der Waals surface area contributed by atoms with E-state index < -0.39 is 0 Å². The third-order valence-electron chi connectivity index (χ3n) is 6.17. The van der Waals surface area contributed by atoms with Crippen LogP contribution in [-0.2, 0) is 6.54 Å². The number of piperidine rings is 1. The van der Waals surface area contributed by atoms with Crippen LogP contribution in [0.25, 0.3) is 11.0 Å². The molecule has 3 aromatic rings. The summed E-state index contributed by atoms with van der Waals surface area (Å²) >= 11 is 0. The van der Waals surface area contributed by atoms with E-state index in [1.807, 2.05) is 0 Å². The van der Waals surface area contributed by atoms with Crippen LogP contribution in [0.4, 0.5) is 5.69 Å². The molecule has 0 spiro atoms. The first-order valence-electron chi connectivity index (χ1n) is 11.1. The summed E-state index contributed by atoms with van der Waals surface area (Å²) in [5, 5.41) is 3.71. The number of hydrogen-bond donors (Lipinski definition) is 1. The molecule has 2 aromatic carbocycles. The SMILES string of the molecule is Cc1cc(N2CCCCC2)ccc1CN[C@@H](C)c1nc2ccccc2n1C(C)C. The lowest BCUT2D eigenvalue weighted by molar-refractivity contribution is 0.491. The first-order valence-corrected chi connectivity index (χ1v) is 11.1. The van der Waals surface area contributed by atoms with Gasteiger partial charge in [0, 0.05) is 31.4 Å². The topological polar surface area (TPSA) is 33.1 Å². The maximum absolute atomic E-state index is 4.94. The summed E-state index contributed by atoms with van der Waals surface area (Å²) in [6.45, 7) is 12.2. The van der Waals surface area contributed by atoms with Crippen molar-refractivity contribution in [3.05, 3.63) is 59.4 Å². The Kier molecular flexibility index (Phi) is 5.91. The molecule has 0 amide bonds. The van der Waals surface area contributed by atoms with Gasteiger partial charge in [0.25, 0.3) is 0 Å². The molecule has 154 valence electrons. The molecule has 1 N–H and O–H groups in total. The Labute approximate surface area is 174 Å². The van der Waals surface area contributed by atoms with Crippen molar-refractivity contribution in [2.75, 3.05) is 18.0 Å². The van der Waals surface area contributed by atoms with Crippen molar-refractivity contribution in [2.45, 2.75) is 65.6 Å². The van der Waals surface area contributed by atoms with Gasteiger partial charge in [0.05, 0.1) is 17.1 Å². The van der Waals surface area contributed by atoms with Gasteiger partial charge in [-0.05, 0) is 82.3 Å². The molecule has 0 bridgehead atoms. The van der Waals surface area contributed by atoms with E-state index in [0.29, 0.717) is 6.04 Å². The summed E-state index contributed by atoms with van der Waals surface area (Å²) in [6, 6.07) is 15.9. The molecule has 0 radical (unpaired) electrons. The molecule has 1 aliphatic heterocycles. The van der Waals surface area contributed by atoms with Crippen LogP contribution in [0, 0.1) is 6.92 Å². The van der Waals surface area contributed by atoms with Crippen LogP contribution in [0.3, 0.4) is 0 Å². The number of nitrogens with one attached hydrogen (secondary N) is 1. The van der Waals surface area contributed by atoms with Crippen molar-refractivity contribution >= 4 is 16.7 Å². The molecule has 1 aliphatic rings. The summed E-state index contributed by atoms with van der Waals surface area (Å²) in [7, 11) is 0. The number of aryl methyl sites for hydroxylation is 1. The van der Waals surface area contributed by atoms with Gasteiger partial charge in [0.15, 0.2) is 0 Å². The Bertz CT molecular complexity index is 966. The molecule has 1 atom stereocenters. The van der Waals surface area contributed by atoms with E-state index in [-0.39, 0.29) is 6.04 Å². The average Bonchev–Trinajstić information content (AvgIpc) is 3.13. The van der Waals surface area contributed by atoms with Crippen LogP contribution in [0.15, 0.2) is 42.5 Å².